The van der Waals surface area contributed by atoms with Gasteiger partial charge in [-0.05, 0) is 35.0 Å². The van der Waals surface area contributed by atoms with E-state index in [0.717, 1.165) is 10.8 Å². The van der Waals surface area contributed by atoms with E-state index in [4.69, 9.17) is 9.47 Å². The van der Waals surface area contributed by atoms with Crippen LogP contribution in [0.4, 0.5) is 5.69 Å². The van der Waals surface area contributed by atoms with E-state index in [1.165, 1.54) is 26.4 Å². The van der Waals surface area contributed by atoms with Crippen LogP contribution in [0.1, 0.15) is 0 Å². The molecule has 3 aromatic rings. The second-order valence-electron chi connectivity index (χ2n) is 5.18. The number of hydrogen-bond donors (Lipinski definition) is 1. The molecule has 0 bridgehead atoms. The van der Waals surface area contributed by atoms with Crippen LogP contribution in [0.5, 0.6) is 11.5 Å². The van der Waals surface area contributed by atoms with Gasteiger partial charge in [0.2, 0.25) is 0 Å². The zero-order valence-corrected chi connectivity index (χ0v) is 14.1. The number of benzene rings is 3. The summed E-state index contributed by atoms with van der Waals surface area (Å²) in [5.74, 6) is 0.834. The zero-order chi connectivity index (χ0) is 17.2. The molecule has 0 amide bonds. The number of nitrogens with one attached hydrogen (secondary N) is 1. The molecule has 6 heteroatoms. The number of sulfonamides is 1. The first-order valence-electron chi connectivity index (χ1n) is 7.27. The maximum absolute atomic E-state index is 12.6. The van der Waals surface area contributed by atoms with Crippen LogP contribution >= 0.6 is 0 Å². The molecule has 0 aliphatic heterocycles. The second kappa shape index (κ2) is 6.41. The van der Waals surface area contributed by atoms with Crippen LogP contribution in [-0.2, 0) is 10.0 Å². The van der Waals surface area contributed by atoms with Gasteiger partial charge in [-0.3, -0.25) is 4.72 Å². The first-order valence-corrected chi connectivity index (χ1v) is 8.75. The maximum Gasteiger partial charge on any atom is 0.262 e. The van der Waals surface area contributed by atoms with E-state index in [1.807, 2.05) is 30.3 Å². The van der Waals surface area contributed by atoms with Crippen LogP contribution in [0.15, 0.2) is 65.6 Å². The summed E-state index contributed by atoms with van der Waals surface area (Å²) >= 11 is 0. The van der Waals surface area contributed by atoms with Gasteiger partial charge in [0.1, 0.15) is 0 Å². The average molecular weight is 343 g/mol. The molecule has 0 aromatic heterocycles. The van der Waals surface area contributed by atoms with Gasteiger partial charge in [-0.15, -0.1) is 0 Å². The molecule has 0 saturated heterocycles. The van der Waals surface area contributed by atoms with E-state index in [2.05, 4.69) is 4.72 Å². The fourth-order valence-corrected chi connectivity index (χ4v) is 3.52. The smallest absolute Gasteiger partial charge is 0.262 e. The van der Waals surface area contributed by atoms with Gasteiger partial charge < -0.3 is 9.47 Å². The van der Waals surface area contributed by atoms with Gasteiger partial charge in [-0.1, -0.05) is 30.3 Å². The maximum atomic E-state index is 12.6. The van der Waals surface area contributed by atoms with Crippen LogP contribution < -0.4 is 14.2 Å². The lowest BCUT2D eigenvalue weighted by atomic mass is 10.1. The predicted molar refractivity (Wildman–Crippen MR) is 94.3 cm³/mol. The minimum atomic E-state index is -3.73. The van der Waals surface area contributed by atoms with E-state index in [0.29, 0.717) is 17.2 Å². The van der Waals surface area contributed by atoms with E-state index in [-0.39, 0.29) is 4.90 Å². The van der Waals surface area contributed by atoms with Crippen LogP contribution in [0.3, 0.4) is 0 Å². The highest BCUT2D eigenvalue weighted by molar-refractivity contribution is 7.92. The lowest BCUT2D eigenvalue weighted by Crippen LogP contribution is -2.13. The fraction of sp³-hybridized carbons (Fsp3) is 0.111. The number of rotatable bonds is 5. The number of methoxy groups -OCH3 is 2. The molecule has 0 aliphatic carbocycles. The largest absolute Gasteiger partial charge is 0.493 e. The van der Waals surface area contributed by atoms with E-state index in [9.17, 15) is 8.42 Å². The van der Waals surface area contributed by atoms with E-state index in [1.54, 1.807) is 18.2 Å². The summed E-state index contributed by atoms with van der Waals surface area (Å²) in [6.07, 6.45) is 0. The van der Waals surface area contributed by atoms with Crippen molar-refractivity contribution in [3.63, 3.8) is 0 Å². The minimum Gasteiger partial charge on any atom is -0.493 e. The summed E-state index contributed by atoms with van der Waals surface area (Å²) in [7, 11) is -0.762. The van der Waals surface area contributed by atoms with Crippen molar-refractivity contribution in [2.45, 2.75) is 4.90 Å². The Kier molecular flexibility index (Phi) is 4.31. The summed E-state index contributed by atoms with van der Waals surface area (Å²) in [5.41, 5.74) is 0.503. The van der Waals surface area contributed by atoms with Gasteiger partial charge in [0.25, 0.3) is 10.0 Å². The molecule has 0 aliphatic rings. The molecule has 0 atom stereocenters. The van der Waals surface area contributed by atoms with E-state index < -0.39 is 10.0 Å². The minimum absolute atomic E-state index is 0.105. The molecular weight excluding hydrogens is 326 g/mol. The normalized spacial score (nSPS) is 11.2. The third kappa shape index (κ3) is 3.14. The van der Waals surface area contributed by atoms with Crippen molar-refractivity contribution in [3.05, 3.63) is 60.7 Å². The second-order valence-corrected chi connectivity index (χ2v) is 6.87. The van der Waals surface area contributed by atoms with Gasteiger partial charge in [0, 0.05) is 11.8 Å². The van der Waals surface area contributed by atoms with Crippen molar-refractivity contribution in [1.29, 1.82) is 0 Å². The Bertz CT molecular complexity index is 983. The van der Waals surface area contributed by atoms with Crippen molar-refractivity contribution < 1.29 is 17.9 Å². The van der Waals surface area contributed by atoms with Crippen molar-refractivity contribution in [1.82, 2.24) is 0 Å². The molecule has 3 aromatic carbocycles. The molecular formula is C18H17NO4S. The van der Waals surface area contributed by atoms with Gasteiger partial charge in [0.05, 0.1) is 19.1 Å². The van der Waals surface area contributed by atoms with Crippen molar-refractivity contribution in [2.24, 2.45) is 0 Å². The monoisotopic (exact) mass is 343 g/mol. The lowest BCUT2D eigenvalue weighted by molar-refractivity contribution is 0.354. The summed E-state index contributed by atoms with van der Waals surface area (Å²) in [6.45, 7) is 0. The van der Waals surface area contributed by atoms with Gasteiger partial charge >= 0.3 is 0 Å². The zero-order valence-electron chi connectivity index (χ0n) is 13.3. The predicted octanol–water partition coefficient (Wildman–Crippen LogP) is 3.66. The Labute approximate surface area is 140 Å². The molecule has 0 saturated carbocycles. The highest BCUT2D eigenvalue weighted by atomic mass is 32.2. The molecule has 124 valence electrons. The number of anilines is 1. The third-order valence-corrected chi connectivity index (χ3v) is 5.05. The topological polar surface area (TPSA) is 64.6 Å². The Hall–Kier alpha value is -2.73. The van der Waals surface area contributed by atoms with Crippen LogP contribution in [0.2, 0.25) is 0 Å². The molecule has 3 rings (SSSR count). The third-order valence-electron chi connectivity index (χ3n) is 3.67. The summed E-state index contributed by atoms with van der Waals surface area (Å²) in [4.78, 5) is 0.105. The SMILES string of the molecule is COc1ccc(S(=O)(=O)Nc2ccc3ccccc3c2)cc1OC. The molecule has 0 heterocycles. The molecule has 0 unspecified atom stereocenters. The van der Waals surface area contributed by atoms with Crippen LogP contribution in [0, 0.1) is 0 Å². The molecule has 1 N–H and O–H groups in total. The summed E-state index contributed by atoms with van der Waals surface area (Å²) in [6, 6.07) is 17.6. The average Bonchev–Trinajstić information content (AvgIpc) is 2.60. The van der Waals surface area contributed by atoms with Gasteiger partial charge in [-0.25, -0.2) is 8.42 Å². The van der Waals surface area contributed by atoms with Crippen molar-refractivity contribution >= 4 is 26.5 Å². The number of hydrogen-bond acceptors (Lipinski definition) is 4. The Balaban J connectivity index is 1.95. The quantitative estimate of drug-likeness (QED) is 0.768. The first kappa shape index (κ1) is 16.1. The summed E-state index contributed by atoms with van der Waals surface area (Å²) in [5, 5.41) is 2.01. The molecule has 5 nitrogen and oxygen atoms in total. The number of fused-ring (bicyclic) bond motifs is 1. The first-order chi connectivity index (χ1) is 11.5. The fourth-order valence-electron chi connectivity index (χ4n) is 2.45. The molecule has 0 radical (unpaired) electrons. The standard InChI is InChI=1S/C18H17NO4S/c1-22-17-10-9-16(12-18(17)23-2)24(20,21)19-15-8-7-13-5-3-4-6-14(13)11-15/h3-12,19H,1-2H3. The Morgan fingerprint density at radius 1 is 0.792 bits per heavy atom. The molecule has 0 spiro atoms. The van der Waals surface area contributed by atoms with E-state index >= 15 is 0 Å². The Morgan fingerprint density at radius 3 is 2.21 bits per heavy atom. The Morgan fingerprint density at radius 2 is 1.50 bits per heavy atom. The lowest BCUT2D eigenvalue weighted by Gasteiger charge is -2.12. The van der Waals surface area contributed by atoms with Gasteiger partial charge in [0.15, 0.2) is 11.5 Å². The highest BCUT2D eigenvalue weighted by Crippen LogP contribution is 2.30. The summed E-state index contributed by atoms with van der Waals surface area (Å²) < 4.78 is 38.1. The molecule has 0 fully saturated rings. The van der Waals surface area contributed by atoms with Crippen molar-refractivity contribution in [2.75, 3.05) is 18.9 Å². The van der Waals surface area contributed by atoms with Gasteiger partial charge in [-0.2, -0.15) is 0 Å². The van der Waals surface area contributed by atoms with Crippen LogP contribution in [0.25, 0.3) is 10.8 Å². The number of ether oxygens (including phenoxy) is 2. The van der Waals surface area contributed by atoms with Crippen molar-refractivity contribution in [3.8, 4) is 11.5 Å². The highest BCUT2D eigenvalue weighted by Gasteiger charge is 2.17. The molecule has 24 heavy (non-hydrogen) atoms. The van der Waals surface area contributed by atoms with Crippen LogP contribution in [-0.4, -0.2) is 22.6 Å².